The second-order valence-electron chi connectivity index (χ2n) is 9.35. The summed E-state index contributed by atoms with van der Waals surface area (Å²) in [4.78, 5) is 30.1. The normalized spacial score (nSPS) is 18.0. The van der Waals surface area contributed by atoms with Crippen molar-refractivity contribution in [2.45, 2.75) is 0 Å². The molecule has 3 aromatic rings. The van der Waals surface area contributed by atoms with Gasteiger partial charge in [-0.2, -0.15) is 5.10 Å². The second-order valence-corrected chi connectivity index (χ2v) is 10.4. The number of ether oxygens (including phenoxy) is 1. The molecule has 2 amide bonds. The van der Waals surface area contributed by atoms with Crippen LogP contribution < -0.4 is 15.6 Å². The molecule has 4 heterocycles. The van der Waals surface area contributed by atoms with E-state index in [2.05, 4.69) is 37.8 Å². The Morgan fingerprint density at radius 3 is 2.70 bits per heavy atom. The molecule has 2 aromatic heterocycles. The molecule has 192 valence electrons. The van der Waals surface area contributed by atoms with E-state index in [4.69, 9.17) is 10.1 Å². The lowest BCUT2D eigenvalue weighted by Crippen LogP contribution is -2.48. The first-order chi connectivity index (χ1) is 18.0. The minimum absolute atomic E-state index is 0.244. The van der Waals surface area contributed by atoms with Crippen LogP contribution in [0.3, 0.4) is 0 Å². The van der Waals surface area contributed by atoms with Crippen LogP contribution in [0.2, 0.25) is 0 Å². The van der Waals surface area contributed by atoms with E-state index >= 15 is 0 Å². The van der Waals surface area contributed by atoms with Gasteiger partial charge < -0.3 is 19.9 Å². The Bertz CT molecular complexity index is 1370. The van der Waals surface area contributed by atoms with Crippen LogP contribution in [-0.4, -0.2) is 97.7 Å². The fourth-order valence-corrected chi connectivity index (χ4v) is 6.25. The Balaban J connectivity index is 1.35. The van der Waals surface area contributed by atoms with Crippen molar-refractivity contribution in [2.75, 3.05) is 69.7 Å². The molecule has 37 heavy (non-hydrogen) atoms. The maximum absolute atomic E-state index is 13.2. The molecule has 0 spiro atoms. The van der Waals surface area contributed by atoms with Crippen molar-refractivity contribution < 1.29 is 14.3 Å². The zero-order valence-corrected chi connectivity index (χ0v) is 21.3. The van der Waals surface area contributed by atoms with E-state index in [1.165, 1.54) is 0 Å². The summed E-state index contributed by atoms with van der Waals surface area (Å²) in [7, 11) is 2.11. The lowest BCUT2D eigenvalue weighted by molar-refractivity contribution is -0.105. The summed E-state index contributed by atoms with van der Waals surface area (Å²) >= 11 is 1.57. The van der Waals surface area contributed by atoms with Crippen molar-refractivity contribution in [3.8, 4) is 21.8 Å². The molecule has 2 fully saturated rings. The number of likely N-dealkylation sites (N-methyl/N-ethyl adjacent to an activating group) is 1. The van der Waals surface area contributed by atoms with Gasteiger partial charge in [0.2, 0.25) is 6.41 Å². The number of hydrogen-bond acceptors (Lipinski definition) is 9. The number of thiophene rings is 1. The van der Waals surface area contributed by atoms with Gasteiger partial charge in [0.15, 0.2) is 0 Å². The van der Waals surface area contributed by atoms with E-state index in [1.54, 1.807) is 17.4 Å². The predicted molar refractivity (Wildman–Crippen MR) is 143 cm³/mol. The van der Waals surface area contributed by atoms with Gasteiger partial charge in [-0.05, 0) is 19.2 Å². The fourth-order valence-electron chi connectivity index (χ4n) is 5.07. The molecular weight excluding hydrogens is 492 g/mol. The van der Waals surface area contributed by atoms with E-state index in [1.807, 2.05) is 23.2 Å². The Labute approximate surface area is 217 Å². The number of carbonyl (C=O) groups excluding carboxylic acids is 2. The smallest absolute Gasteiger partial charge is 0.266 e. The highest BCUT2D eigenvalue weighted by atomic mass is 32.1. The SMILES string of the molecule is CN1CCN(c2cc(NC=O)c(-c3[nH]nc4c3C(=N)c3c(C(=O)NN5CCOCC5)cccc3-4)s2)CC1. The predicted octanol–water partition coefficient (Wildman–Crippen LogP) is 1.83. The van der Waals surface area contributed by atoms with Gasteiger partial charge in [0.1, 0.15) is 5.69 Å². The Morgan fingerprint density at radius 2 is 1.95 bits per heavy atom. The number of nitrogens with zero attached hydrogens (tertiary/aromatic N) is 4. The molecule has 1 aliphatic carbocycles. The highest BCUT2D eigenvalue weighted by Gasteiger charge is 2.35. The number of hydrazine groups is 1. The van der Waals surface area contributed by atoms with Crippen molar-refractivity contribution in [1.82, 2.24) is 25.5 Å². The fraction of sp³-hybridized carbons (Fsp3) is 0.360. The summed E-state index contributed by atoms with van der Waals surface area (Å²) < 4.78 is 5.37. The summed E-state index contributed by atoms with van der Waals surface area (Å²) in [5, 5.41) is 22.5. The molecular formula is C25H28N8O3S. The molecule has 3 aliphatic rings. The third-order valence-electron chi connectivity index (χ3n) is 7.08. The number of H-pyrrole nitrogens is 1. The van der Waals surface area contributed by atoms with E-state index in [0.29, 0.717) is 66.5 Å². The van der Waals surface area contributed by atoms with Gasteiger partial charge in [-0.1, -0.05) is 12.1 Å². The summed E-state index contributed by atoms with van der Waals surface area (Å²) in [6.45, 7) is 6.11. The summed E-state index contributed by atoms with van der Waals surface area (Å²) in [5.41, 5.74) is 7.58. The Kier molecular flexibility index (Phi) is 6.24. The highest BCUT2D eigenvalue weighted by Crippen LogP contribution is 2.47. The van der Waals surface area contributed by atoms with E-state index in [0.717, 1.165) is 41.6 Å². The van der Waals surface area contributed by atoms with Gasteiger partial charge in [-0.25, -0.2) is 5.01 Å². The number of hydrogen-bond donors (Lipinski definition) is 4. The van der Waals surface area contributed by atoms with Gasteiger partial charge in [-0.15, -0.1) is 11.3 Å². The van der Waals surface area contributed by atoms with Crippen LogP contribution >= 0.6 is 11.3 Å². The Morgan fingerprint density at radius 1 is 1.16 bits per heavy atom. The quantitative estimate of drug-likeness (QED) is 0.286. The van der Waals surface area contributed by atoms with E-state index in [-0.39, 0.29) is 11.6 Å². The third kappa shape index (κ3) is 4.21. The Hall–Kier alpha value is -3.58. The molecule has 0 bridgehead atoms. The van der Waals surface area contributed by atoms with Crippen molar-refractivity contribution in [1.29, 1.82) is 5.41 Å². The van der Waals surface area contributed by atoms with Crippen molar-refractivity contribution >= 4 is 40.1 Å². The molecule has 0 saturated carbocycles. The number of aromatic nitrogens is 2. The molecule has 12 heteroatoms. The van der Waals surface area contributed by atoms with Gasteiger partial charge in [-0.3, -0.25) is 25.5 Å². The zero-order valence-electron chi connectivity index (χ0n) is 20.5. The second kappa shape index (κ2) is 9.71. The average Bonchev–Trinajstić information content (AvgIpc) is 3.60. The summed E-state index contributed by atoms with van der Waals surface area (Å²) in [5.74, 6) is -0.254. The maximum atomic E-state index is 13.2. The van der Waals surface area contributed by atoms with E-state index in [9.17, 15) is 9.59 Å². The number of amides is 2. The van der Waals surface area contributed by atoms with Crippen molar-refractivity contribution in [2.24, 2.45) is 0 Å². The van der Waals surface area contributed by atoms with Gasteiger partial charge >= 0.3 is 0 Å². The highest BCUT2D eigenvalue weighted by molar-refractivity contribution is 7.20. The molecule has 4 N–H and O–H groups in total. The molecule has 2 saturated heterocycles. The van der Waals surface area contributed by atoms with Crippen molar-refractivity contribution in [3.05, 3.63) is 41.0 Å². The van der Waals surface area contributed by atoms with Crippen LogP contribution in [0.25, 0.3) is 21.8 Å². The molecule has 6 rings (SSSR count). The number of benzene rings is 1. The van der Waals surface area contributed by atoms with Gasteiger partial charge in [0.25, 0.3) is 5.91 Å². The lowest BCUT2D eigenvalue weighted by Gasteiger charge is -2.32. The van der Waals surface area contributed by atoms with Crippen LogP contribution in [0.4, 0.5) is 10.7 Å². The first kappa shape index (κ1) is 23.8. The number of anilines is 2. The third-order valence-corrected chi connectivity index (χ3v) is 8.29. The first-order valence-electron chi connectivity index (χ1n) is 12.3. The monoisotopic (exact) mass is 520 g/mol. The van der Waals surface area contributed by atoms with Crippen LogP contribution in [0.15, 0.2) is 24.3 Å². The first-order valence-corrected chi connectivity index (χ1v) is 13.1. The lowest BCUT2D eigenvalue weighted by atomic mass is 10.00. The molecule has 0 unspecified atom stereocenters. The van der Waals surface area contributed by atoms with Crippen LogP contribution in [0.5, 0.6) is 0 Å². The van der Waals surface area contributed by atoms with Crippen LogP contribution in [0.1, 0.15) is 21.5 Å². The molecule has 1 aromatic carbocycles. The number of fused-ring (bicyclic) bond motifs is 3. The molecule has 11 nitrogen and oxygen atoms in total. The number of piperazine rings is 1. The number of rotatable bonds is 6. The van der Waals surface area contributed by atoms with Crippen LogP contribution in [-0.2, 0) is 9.53 Å². The molecule has 0 radical (unpaired) electrons. The standard InChI is InChI=1S/C25H28N8O3S/c1-31-5-7-32(8-6-31)18-13-17(27-14-34)24(37-18)23-20-21(26)19-15(22(20)28-29-23)3-2-4-16(19)25(35)30-33-9-11-36-12-10-33/h2-4,13-14,26H,5-12H2,1H3,(H,27,34)(H,28,29)(H,30,35). The number of nitrogens with one attached hydrogen (secondary N) is 4. The number of morpholine rings is 1. The maximum Gasteiger partial charge on any atom is 0.266 e. The largest absolute Gasteiger partial charge is 0.379 e. The molecule has 0 atom stereocenters. The van der Waals surface area contributed by atoms with Crippen molar-refractivity contribution in [3.63, 3.8) is 0 Å². The summed E-state index contributed by atoms with van der Waals surface area (Å²) in [6, 6.07) is 7.44. The zero-order chi connectivity index (χ0) is 25.5. The van der Waals surface area contributed by atoms with E-state index < -0.39 is 0 Å². The topological polar surface area (TPSA) is 130 Å². The summed E-state index contributed by atoms with van der Waals surface area (Å²) in [6.07, 6.45) is 0.671. The molecule has 2 aliphatic heterocycles. The van der Waals surface area contributed by atoms with Gasteiger partial charge in [0, 0.05) is 50.4 Å². The minimum Gasteiger partial charge on any atom is -0.379 e. The van der Waals surface area contributed by atoms with Crippen LogP contribution in [0, 0.1) is 5.41 Å². The average molecular weight is 521 g/mol. The van der Waals surface area contributed by atoms with Gasteiger partial charge in [0.05, 0.1) is 51.3 Å². The number of carbonyl (C=O) groups is 2. The number of aromatic amines is 1. The minimum atomic E-state index is -0.254.